The topological polar surface area (TPSA) is 46.6 Å². The van der Waals surface area contributed by atoms with Crippen LogP contribution in [0.15, 0.2) is 30.3 Å². The number of fused-ring (bicyclic) bond motifs is 2. The summed E-state index contributed by atoms with van der Waals surface area (Å²) >= 11 is 0. The van der Waals surface area contributed by atoms with Crippen LogP contribution in [-0.2, 0) is 20.9 Å². The molecule has 2 atom stereocenters. The number of rotatable bonds is 3. The number of ketones is 1. The van der Waals surface area contributed by atoms with Crippen molar-refractivity contribution in [2.45, 2.75) is 43.9 Å². The molecule has 0 amide bonds. The van der Waals surface area contributed by atoms with Crippen molar-refractivity contribution in [1.82, 2.24) is 4.90 Å². The number of hydrogen-bond donors (Lipinski definition) is 0. The second-order valence-electron chi connectivity index (χ2n) is 5.73. The van der Waals surface area contributed by atoms with E-state index < -0.39 is 5.54 Å². The zero-order chi connectivity index (χ0) is 14.2. The van der Waals surface area contributed by atoms with Crippen molar-refractivity contribution in [2.24, 2.45) is 0 Å². The molecule has 2 bridgehead atoms. The lowest BCUT2D eigenvalue weighted by Gasteiger charge is -2.39. The number of carbonyl (C=O) groups is 2. The van der Waals surface area contributed by atoms with Gasteiger partial charge < -0.3 is 4.74 Å². The molecule has 0 aliphatic carbocycles. The monoisotopic (exact) mass is 273 g/mol. The van der Waals surface area contributed by atoms with E-state index in [9.17, 15) is 9.59 Å². The van der Waals surface area contributed by atoms with Gasteiger partial charge in [0.2, 0.25) is 0 Å². The van der Waals surface area contributed by atoms with E-state index in [0.29, 0.717) is 19.4 Å². The summed E-state index contributed by atoms with van der Waals surface area (Å²) in [6.07, 6.45) is 2.59. The van der Waals surface area contributed by atoms with Crippen molar-refractivity contribution in [3.05, 3.63) is 35.9 Å². The first kappa shape index (κ1) is 13.3. The Hall–Kier alpha value is -1.68. The zero-order valence-electron chi connectivity index (χ0n) is 11.7. The van der Waals surface area contributed by atoms with Crippen molar-refractivity contribution in [3.8, 4) is 0 Å². The van der Waals surface area contributed by atoms with E-state index in [4.69, 9.17) is 4.74 Å². The highest BCUT2D eigenvalue weighted by atomic mass is 16.5. The molecule has 2 unspecified atom stereocenters. The van der Waals surface area contributed by atoms with Crippen LogP contribution in [0.4, 0.5) is 0 Å². The normalized spacial score (nSPS) is 29.4. The Morgan fingerprint density at radius 1 is 1.35 bits per heavy atom. The Bertz CT molecular complexity index is 528. The molecule has 0 saturated carbocycles. The van der Waals surface area contributed by atoms with Crippen LogP contribution >= 0.6 is 0 Å². The third kappa shape index (κ3) is 2.04. The van der Waals surface area contributed by atoms with Crippen LogP contribution in [0.25, 0.3) is 0 Å². The van der Waals surface area contributed by atoms with Gasteiger partial charge in [0, 0.05) is 6.42 Å². The van der Waals surface area contributed by atoms with E-state index in [-0.39, 0.29) is 17.8 Å². The van der Waals surface area contributed by atoms with Crippen molar-refractivity contribution in [2.75, 3.05) is 7.05 Å². The van der Waals surface area contributed by atoms with E-state index in [1.54, 1.807) is 0 Å². The Balaban J connectivity index is 1.69. The first-order valence-corrected chi connectivity index (χ1v) is 7.10. The Kier molecular flexibility index (Phi) is 3.34. The van der Waals surface area contributed by atoms with Gasteiger partial charge in [-0.25, -0.2) is 0 Å². The standard InChI is InChI=1S/C16H19NO3/c1-17-13-7-9-16(17,10-8-14(13)18)15(19)20-11-12-5-3-2-4-6-12/h2-6,13H,7-11H2,1H3. The summed E-state index contributed by atoms with van der Waals surface area (Å²) in [5.74, 6) is 0.0790. The highest BCUT2D eigenvalue weighted by Gasteiger charge is 2.55. The smallest absolute Gasteiger partial charge is 0.326 e. The maximum Gasteiger partial charge on any atom is 0.326 e. The molecule has 4 nitrogen and oxygen atoms in total. The summed E-state index contributed by atoms with van der Waals surface area (Å²) in [5, 5.41) is 0. The van der Waals surface area contributed by atoms with E-state index in [0.717, 1.165) is 18.4 Å². The number of esters is 1. The van der Waals surface area contributed by atoms with Gasteiger partial charge in [0.05, 0.1) is 6.04 Å². The van der Waals surface area contributed by atoms with Gasteiger partial charge in [0.1, 0.15) is 17.9 Å². The molecule has 0 spiro atoms. The molecule has 2 heterocycles. The lowest BCUT2D eigenvalue weighted by Crippen LogP contribution is -2.56. The van der Waals surface area contributed by atoms with Gasteiger partial charge in [-0.1, -0.05) is 30.3 Å². The van der Waals surface area contributed by atoms with Crippen molar-refractivity contribution < 1.29 is 14.3 Å². The second kappa shape index (κ2) is 5.02. The summed E-state index contributed by atoms with van der Waals surface area (Å²) in [6.45, 7) is 0.299. The summed E-state index contributed by atoms with van der Waals surface area (Å²) in [6, 6.07) is 9.59. The van der Waals surface area contributed by atoms with Crippen molar-refractivity contribution in [3.63, 3.8) is 0 Å². The summed E-state index contributed by atoms with van der Waals surface area (Å²) < 4.78 is 5.50. The predicted octanol–water partition coefficient (Wildman–Crippen LogP) is 1.93. The minimum absolute atomic E-state index is 0.0898. The fourth-order valence-electron chi connectivity index (χ4n) is 3.42. The molecule has 2 fully saturated rings. The van der Waals surface area contributed by atoms with Gasteiger partial charge in [-0.05, 0) is 31.9 Å². The number of carbonyl (C=O) groups excluding carboxylic acids is 2. The number of ether oxygens (including phenoxy) is 1. The predicted molar refractivity (Wildman–Crippen MR) is 74.0 cm³/mol. The summed E-state index contributed by atoms with van der Waals surface area (Å²) in [4.78, 5) is 26.2. The van der Waals surface area contributed by atoms with Gasteiger partial charge >= 0.3 is 5.97 Å². The van der Waals surface area contributed by atoms with Gasteiger partial charge in [0.25, 0.3) is 0 Å². The maximum absolute atomic E-state index is 12.5. The third-order valence-electron chi connectivity index (χ3n) is 4.72. The molecule has 2 aliphatic heterocycles. The maximum atomic E-state index is 12.5. The van der Waals surface area contributed by atoms with Crippen LogP contribution in [-0.4, -0.2) is 35.3 Å². The molecule has 2 aliphatic rings. The lowest BCUT2D eigenvalue weighted by atomic mass is 9.88. The van der Waals surface area contributed by atoms with Gasteiger partial charge in [0.15, 0.2) is 0 Å². The van der Waals surface area contributed by atoms with Crippen molar-refractivity contribution >= 4 is 11.8 Å². The first-order valence-electron chi connectivity index (χ1n) is 7.10. The molecule has 1 aromatic rings. The minimum Gasteiger partial charge on any atom is -0.459 e. The third-order valence-corrected chi connectivity index (χ3v) is 4.72. The Morgan fingerprint density at radius 3 is 2.85 bits per heavy atom. The van der Waals surface area contributed by atoms with Crippen LogP contribution in [0.3, 0.4) is 0 Å². The Labute approximate surface area is 118 Å². The zero-order valence-corrected chi connectivity index (χ0v) is 11.7. The second-order valence-corrected chi connectivity index (χ2v) is 5.73. The lowest BCUT2D eigenvalue weighted by molar-refractivity contribution is -0.161. The Morgan fingerprint density at radius 2 is 2.10 bits per heavy atom. The number of nitrogens with zero attached hydrogens (tertiary/aromatic N) is 1. The molecule has 0 radical (unpaired) electrons. The average Bonchev–Trinajstić information content (AvgIpc) is 2.70. The molecular weight excluding hydrogens is 254 g/mol. The largest absolute Gasteiger partial charge is 0.459 e. The van der Waals surface area contributed by atoms with Crippen LogP contribution in [0, 0.1) is 0 Å². The quantitative estimate of drug-likeness (QED) is 0.789. The van der Waals surface area contributed by atoms with Gasteiger partial charge in [-0.15, -0.1) is 0 Å². The van der Waals surface area contributed by atoms with E-state index >= 15 is 0 Å². The van der Waals surface area contributed by atoms with E-state index in [2.05, 4.69) is 0 Å². The van der Waals surface area contributed by atoms with Crippen molar-refractivity contribution in [1.29, 1.82) is 0 Å². The SMILES string of the molecule is CN1C2CCC1(C(=O)OCc1ccccc1)CCC2=O. The highest BCUT2D eigenvalue weighted by molar-refractivity contribution is 5.91. The molecule has 4 heteroatoms. The van der Waals surface area contributed by atoms with Gasteiger partial charge in [-0.3, -0.25) is 14.5 Å². The van der Waals surface area contributed by atoms with Crippen LogP contribution in [0.2, 0.25) is 0 Å². The summed E-state index contributed by atoms with van der Waals surface area (Å²) in [5.41, 5.74) is 0.411. The molecule has 1 aromatic carbocycles. The average molecular weight is 273 g/mol. The number of benzene rings is 1. The van der Waals surface area contributed by atoms with Crippen LogP contribution < -0.4 is 0 Å². The molecular formula is C16H19NO3. The molecule has 106 valence electrons. The first-order chi connectivity index (χ1) is 9.63. The number of hydrogen-bond acceptors (Lipinski definition) is 4. The number of piperidine rings is 1. The van der Waals surface area contributed by atoms with Crippen LogP contribution in [0.5, 0.6) is 0 Å². The summed E-state index contributed by atoms with van der Waals surface area (Å²) in [7, 11) is 1.87. The molecule has 0 N–H and O–H groups in total. The fourth-order valence-corrected chi connectivity index (χ4v) is 3.42. The fraction of sp³-hybridized carbons (Fsp3) is 0.500. The molecule has 2 saturated heterocycles. The number of Topliss-reactive ketones (excluding diaryl/α,β-unsaturated/α-hetero) is 1. The van der Waals surface area contributed by atoms with E-state index in [1.165, 1.54) is 0 Å². The highest BCUT2D eigenvalue weighted by Crippen LogP contribution is 2.42. The number of likely N-dealkylation sites (N-methyl/N-ethyl adjacent to an activating group) is 1. The molecule has 0 aromatic heterocycles. The van der Waals surface area contributed by atoms with Crippen LogP contribution in [0.1, 0.15) is 31.2 Å². The van der Waals surface area contributed by atoms with Gasteiger partial charge in [-0.2, -0.15) is 0 Å². The minimum atomic E-state index is -0.576. The van der Waals surface area contributed by atoms with E-state index in [1.807, 2.05) is 42.3 Å². The molecule has 20 heavy (non-hydrogen) atoms. The molecule has 3 rings (SSSR count).